The van der Waals surface area contributed by atoms with Gasteiger partial charge in [0.25, 0.3) is 0 Å². The fourth-order valence-electron chi connectivity index (χ4n) is 0.661. The van der Waals surface area contributed by atoms with Crippen LogP contribution in [-0.4, -0.2) is 36.0 Å². The second-order valence-corrected chi connectivity index (χ2v) is 2.54. The Morgan fingerprint density at radius 1 is 1.67 bits per heavy atom. The van der Waals surface area contributed by atoms with Crippen molar-refractivity contribution in [2.75, 3.05) is 13.7 Å². The minimum Gasteiger partial charge on any atom is -0.478 e. The first-order valence-electron chi connectivity index (χ1n) is 3.65. The molecular formula is C8H14O4. The van der Waals surface area contributed by atoms with Crippen LogP contribution in [0.1, 0.15) is 13.3 Å². The van der Waals surface area contributed by atoms with Crippen molar-refractivity contribution in [3.63, 3.8) is 0 Å². The molecule has 2 N–H and O–H groups in total. The monoisotopic (exact) mass is 174 g/mol. The van der Waals surface area contributed by atoms with Crippen LogP contribution in [0.2, 0.25) is 0 Å². The highest BCUT2D eigenvalue weighted by molar-refractivity contribution is 5.85. The van der Waals surface area contributed by atoms with Crippen molar-refractivity contribution >= 4 is 5.97 Å². The molecule has 0 heterocycles. The zero-order chi connectivity index (χ0) is 9.56. The Hall–Kier alpha value is -0.870. The van der Waals surface area contributed by atoms with E-state index in [1.165, 1.54) is 20.1 Å². The summed E-state index contributed by atoms with van der Waals surface area (Å²) in [5, 5.41) is 17.6. The molecule has 0 aliphatic heterocycles. The highest BCUT2D eigenvalue weighted by Gasteiger charge is 2.03. The van der Waals surface area contributed by atoms with Crippen LogP contribution < -0.4 is 0 Å². The zero-order valence-electron chi connectivity index (χ0n) is 7.28. The summed E-state index contributed by atoms with van der Waals surface area (Å²) in [5.41, 5.74) is 0.241. The van der Waals surface area contributed by atoms with Gasteiger partial charge in [-0.2, -0.15) is 0 Å². The lowest BCUT2D eigenvalue weighted by Gasteiger charge is -2.05. The van der Waals surface area contributed by atoms with Crippen molar-refractivity contribution in [3.8, 4) is 0 Å². The lowest BCUT2D eigenvalue weighted by Crippen LogP contribution is -2.13. The SMILES string of the molecule is COCC(O)C/C=C(\C)C(=O)O. The summed E-state index contributed by atoms with van der Waals surface area (Å²) >= 11 is 0. The molecule has 0 aromatic rings. The van der Waals surface area contributed by atoms with Crippen molar-refractivity contribution < 1.29 is 19.7 Å². The summed E-state index contributed by atoms with van der Waals surface area (Å²) in [7, 11) is 1.48. The number of aliphatic hydroxyl groups excluding tert-OH is 1. The Morgan fingerprint density at radius 2 is 2.25 bits per heavy atom. The van der Waals surface area contributed by atoms with E-state index in [9.17, 15) is 4.79 Å². The smallest absolute Gasteiger partial charge is 0.330 e. The van der Waals surface area contributed by atoms with Crippen molar-refractivity contribution in [3.05, 3.63) is 11.6 Å². The average molecular weight is 174 g/mol. The van der Waals surface area contributed by atoms with Gasteiger partial charge < -0.3 is 14.9 Å². The van der Waals surface area contributed by atoms with Crippen molar-refractivity contribution in [2.24, 2.45) is 0 Å². The highest BCUT2D eigenvalue weighted by atomic mass is 16.5. The molecule has 0 amide bonds. The normalized spacial score (nSPS) is 14.4. The van der Waals surface area contributed by atoms with Gasteiger partial charge in [-0.05, 0) is 13.3 Å². The molecule has 4 nitrogen and oxygen atoms in total. The van der Waals surface area contributed by atoms with Gasteiger partial charge in [0.05, 0.1) is 12.7 Å². The third-order valence-corrected chi connectivity index (χ3v) is 1.39. The quantitative estimate of drug-likeness (QED) is 0.592. The Kier molecular flexibility index (Phi) is 5.32. The molecule has 0 aliphatic carbocycles. The summed E-state index contributed by atoms with van der Waals surface area (Å²) < 4.78 is 4.67. The van der Waals surface area contributed by atoms with E-state index in [0.29, 0.717) is 6.42 Å². The number of carboxylic acid groups (broad SMARTS) is 1. The minimum absolute atomic E-state index is 0.226. The molecule has 0 saturated heterocycles. The van der Waals surface area contributed by atoms with E-state index in [1.54, 1.807) is 0 Å². The molecule has 12 heavy (non-hydrogen) atoms. The molecule has 70 valence electrons. The summed E-state index contributed by atoms with van der Waals surface area (Å²) in [6.45, 7) is 1.71. The van der Waals surface area contributed by atoms with Gasteiger partial charge >= 0.3 is 5.97 Å². The number of hydrogen-bond donors (Lipinski definition) is 2. The lowest BCUT2D eigenvalue weighted by atomic mass is 10.2. The van der Waals surface area contributed by atoms with E-state index in [4.69, 9.17) is 10.2 Å². The summed E-state index contributed by atoms with van der Waals surface area (Å²) in [4.78, 5) is 10.3. The van der Waals surface area contributed by atoms with Gasteiger partial charge in [0.2, 0.25) is 0 Å². The molecular weight excluding hydrogens is 160 g/mol. The largest absolute Gasteiger partial charge is 0.478 e. The van der Waals surface area contributed by atoms with Crippen LogP contribution in [0.15, 0.2) is 11.6 Å². The van der Waals surface area contributed by atoms with E-state index >= 15 is 0 Å². The Bertz CT molecular complexity index is 174. The van der Waals surface area contributed by atoms with Crippen LogP contribution in [0.5, 0.6) is 0 Å². The van der Waals surface area contributed by atoms with Crippen LogP contribution in [0.3, 0.4) is 0 Å². The lowest BCUT2D eigenvalue weighted by molar-refractivity contribution is -0.132. The number of hydrogen-bond acceptors (Lipinski definition) is 3. The summed E-state index contributed by atoms with van der Waals surface area (Å²) in [5.74, 6) is -0.959. The van der Waals surface area contributed by atoms with E-state index < -0.39 is 12.1 Å². The maximum absolute atomic E-state index is 10.3. The number of carboxylic acids is 1. The van der Waals surface area contributed by atoms with Crippen LogP contribution in [0.25, 0.3) is 0 Å². The van der Waals surface area contributed by atoms with E-state index in [-0.39, 0.29) is 12.2 Å². The Labute approximate surface area is 71.5 Å². The molecule has 0 spiro atoms. The third-order valence-electron chi connectivity index (χ3n) is 1.39. The second-order valence-electron chi connectivity index (χ2n) is 2.54. The molecule has 0 fully saturated rings. The van der Waals surface area contributed by atoms with Crippen molar-refractivity contribution in [1.29, 1.82) is 0 Å². The number of methoxy groups -OCH3 is 1. The molecule has 0 radical (unpaired) electrons. The van der Waals surface area contributed by atoms with Gasteiger partial charge in [-0.1, -0.05) is 6.08 Å². The van der Waals surface area contributed by atoms with Crippen LogP contribution in [0, 0.1) is 0 Å². The second kappa shape index (κ2) is 5.74. The molecule has 0 rings (SSSR count). The van der Waals surface area contributed by atoms with Crippen LogP contribution in [0.4, 0.5) is 0 Å². The first kappa shape index (κ1) is 11.1. The molecule has 0 aromatic heterocycles. The molecule has 0 aliphatic rings. The molecule has 4 heteroatoms. The zero-order valence-corrected chi connectivity index (χ0v) is 7.28. The first-order chi connectivity index (χ1) is 5.57. The van der Waals surface area contributed by atoms with E-state index in [2.05, 4.69) is 4.74 Å². The number of rotatable bonds is 5. The van der Waals surface area contributed by atoms with Gasteiger partial charge in [0, 0.05) is 12.7 Å². The van der Waals surface area contributed by atoms with Crippen molar-refractivity contribution in [2.45, 2.75) is 19.4 Å². The number of aliphatic carboxylic acids is 1. The van der Waals surface area contributed by atoms with Gasteiger partial charge in [0.15, 0.2) is 0 Å². The summed E-state index contributed by atoms with van der Waals surface area (Å²) in [6, 6.07) is 0. The van der Waals surface area contributed by atoms with Crippen LogP contribution >= 0.6 is 0 Å². The van der Waals surface area contributed by atoms with Gasteiger partial charge in [-0.25, -0.2) is 4.79 Å². The number of ether oxygens (including phenoxy) is 1. The van der Waals surface area contributed by atoms with Gasteiger partial charge in [0.1, 0.15) is 0 Å². The molecule has 0 bridgehead atoms. The highest BCUT2D eigenvalue weighted by Crippen LogP contribution is 1.99. The van der Waals surface area contributed by atoms with Crippen LogP contribution in [-0.2, 0) is 9.53 Å². The summed E-state index contributed by atoms with van der Waals surface area (Å²) in [6.07, 6.45) is 1.17. The third kappa shape index (κ3) is 4.87. The maximum Gasteiger partial charge on any atom is 0.330 e. The predicted octanol–water partition coefficient (Wildman–Crippen LogP) is 0.415. The molecule has 1 unspecified atom stereocenters. The predicted molar refractivity (Wildman–Crippen MR) is 43.9 cm³/mol. The fraction of sp³-hybridized carbons (Fsp3) is 0.625. The standard InChI is InChI=1S/C8H14O4/c1-6(8(10)11)3-4-7(9)5-12-2/h3,7,9H,4-5H2,1-2H3,(H,10,11)/b6-3+. The molecule has 1 atom stereocenters. The van der Waals surface area contributed by atoms with E-state index in [1.807, 2.05) is 0 Å². The molecule has 0 saturated carbocycles. The number of carbonyl (C=O) groups is 1. The minimum atomic E-state index is -0.959. The molecule has 0 aromatic carbocycles. The van der Waals surface area contributed by atoms with Gasteiger partial charge in [-0.15, -0.1) is 0 Å². The first-order valence-corrected chi connectivity index (χ1v) is 3.65. The van der Waals surface area contributed by atoms with E-state index in [0.717, 1.165) is 0 Å². The fourth-order valence-corrected chi connectivity index (χ4v) is 0.661. The Morgan fingerprint density at radius 3 is 2.67 bits per heavy atom. The van der Waals surface area contributed by atoms with Crippen molar-refractivity contribution in [1.82, 2.24) is 0 Å². The van der Waals surface area contributed by atoms with Gasteiger partial charge in [-0.3, -0.25) is 0 Å². The number of aliphatic hydroxyl groups is 1. The maximum atomic E-state index is 10.3. The topological polar surface area (TPSA) is 66.8 Å². The Balaban J connectivity index is 3.79. The average Bonchev–Trinajstić information content (AvgIpc) is 2.00.